The van der Waals surface area contributed by atoms with Gasteiger partial charge in [0.25, 0.3) is 0 Å². The van der Waals surface area contributed by atoms with Gasteiger partial charge in [-0.2, -0.15) is 0 Å². The number of aryl methyl sites for hydroxylation is 1. The number of nitrogens with one attached hydrogen (secondary N) is 1. The molecule has 7 nitrogen and oxygen atoms in total. The minimum absolute atomic E-state index is 0.0781. The van der Waals surface area contributed by atoms with Crippen LogP contribution in [0.25, 0.3) is 0 Å². The molecule has 1 N–H and O–H groups in total. The molecule has 0 saturated carbocycles. The highest BCUT2D eigenvalue weighted by molar-refractivity contribution is 7.92. The Morgan fingerprint density at radius 2 is 1.86 bits per heavy atom. The zero-order valence-electron chi connectivity index (χ0n) is 16.6. The van der Waals surface area contributed by atoms with Crippen LogP contribution in [0.1, 0.15) is 25.8 Å². The van der Waals surface area contributed by atoms with Crippen molar-refractivity contribution in [3.05, 3.63) is 54.1 Å². The van der Waals surface area contributed by atoms with Gasteiger partial charge < -0.3 is 14.8 Å². The minimum Gasteiger partial charge on any atom is -0.454 e. The van der Waals surface area contributed by atoms with Gasteiger partial charge in [0.05, 0.1) is 11.4 Å². The summed E-state index contributed by atoms with van der Waals surface area (Å²) in [6, 6.07) is 14.8. The van der Waals surface area contributed by atoms with E-state index in [-0.39, 0.29) is 31.0 Å². The summed E-state index contributed by atoms with van der Waals surface area (Å²) in [5.41, 5.74) is 1.58. The summed E-state index contributed by atoms with van der Waals surface area (Å²) in [5, 5.41) is 2.90. The molecule has 1 amide bonds. The van der Waals surface area contributed by atoms with Crippen molar-refractivity contribution in [3.63, 3.8) is 0 Å². The minimum atomic E-state index is -3.64. The molecule has 156 valence electrons. The fraction of sp³-hybridized carbons (Fsp3) is 0.381. The molecular weight excluding hydrogens is 392 g/mol. The molecular formula is C21H26N2O5S. The fourth-order valence-corrected chi connectivity index (χ4v) is 4.16. The Labute approximate surface area is 171 Å². The van der Waals surface area contributed by atoms with Gasteiger partial charge >= 0.3 is 0 Å². The SMILES string of the molecule is CCS(=O)(=O)N(CC(=O)N[C@H](C)CCc1ccccc1)c1ccc2c(c1)OCO2. The average Bonchev–Trinajstić information content (AvgIpc) is 3.19. The Morgan fingerprint density at radius 1 is 1.14 bits per heavy atom. The molecule has 3 rings (SSSR count). The Bertz CT molecular complexity index is 947. The third kappa shape index (κ3) is 5.41. The summed E-state index contributed by atoms with van der Waals surface area (Å²) in [5.74, 6) is 0.565. The molecule has 29 heavy (non-hydrogen) atoms. The number of ether oxygens (including phenoxy) is 2. The number of amides is 1. The first-order chi connectivity index (χ1) is 13.9. The van der Waals surface area contributed by atoms with Crippen LogP contribution >= 0.6 is 0 Å². The van der Waals surface area contributed by atoms with Crippen molar-refractivity contribution >= 4 is 21.6 Å². The molecule has 1 heterocycles. The molecule has 0 bridgehead atoms. The highest BCUT2D eigenvalue weighted by atomic mass is 32.2. The number of fused-ring (bicyclic) bond motifs is 1. The Morgan fingerprint density at radius 3 is 2.59 bits per heavy atom. The molecule has 0 aromatic heterocycles. The number of nitrogens with zero attached hydrogens (tertiary/aromatic N) is 1. The summed E-state index contributed by atoms with van der Waals surface area (Å²) >= 11 is 0. The lowest BCUT2D eigenvalue weighted by Crippen LogP contribution is -2.44. The van der Waals surface area contributed by atoms with Crippen LogP contribution in [0.5, 0.6) is 11.5 Å². The molecule has 1 aliphatic rings. The van der Waals surface area contributed by atoms with Crippen molar-refractivity contribution in [2.45, 2.75) is 32.7 Å². The molecule has 2 aromatic carbocycles. The van der Waals surface area contributed by atoms with Gasteiger partial charge in [0, 0.05) is 12.1 Å². The van der Waals surface area contributed by atoms with E-state index in [2.05, 4.69) is 5.32 Å². The largest absolute Gasteiger partial charge is 0.454 e. The summed E-state index contributed by atoms with van der Waals surface area (Å²) in [4.78, 5) is 12.6. The van der Waals surface area contributed by atoms with E-state index in [1.54, 1.807) is 25.1 Å². The normalized spacial score (nSPS) is 13.7. The van der Waals surface area contributed by atoms with E-state index in [1.165, 1.54) is 5.56 Å². The number of sulfonamides is 1. The van der Waals surface area contributed by atoms with Gasteiger partial charge in [0.2, 0.25) is 22.7 Å². The second kappa shape index (κ2) is 9.17. The lowest BCUT2D eigenvalue weighted by molar-refractivity contribution is -0.120. The molecule has 0 saturated heterocycles. The van der Waals surface area contributed by atoms with Crippen LogP contribution in [-0.4, -0.2) is 39.5 Å². The quantitative estimate of drug-likeness (QED) is 0.677. The number of anilines is 1. The van der Waals surface area contributed by atoms with Gasteiger partial charge in [0.1, 0.15) is 6.54 Å². The number of hydrogen-bond acceptors (Lipinski definition) is 5. The Hall–Kier alpha value is -2.74. The number of rotatable bonds is 9. The van der Waals surface area contributed by atoms with Crippen LogP contribution in [0, 0.1) is 0 Å². The van der Waals surface area contributed by atoms with Crippen LogP contribution in [0.15, 0.2) is 48.5 Å². The van der Waals surface area contributed by atoms with Crippen LogP contribution < -0.4 is 19.1 Å². The van der Waals surface area contributed by atoms with E-state index in [0.29, 0.717) is 17.2 Å². The molecule has 2 aromatic rings. The van der Waals surface area contributed by atoms with Gasteiger partial charge in [-0.15, -0.1) is 0 Å². The summed E-state index contributed by atoms with van der Waals surface area (Å²) in [6.45, 7) is 3.28. The van der Waals surface area contributed by atoms with Crippen molar-refractivity contribution in [3.8, 4) is 11.5 Å². The predicted molar refractivity (Wildman–Crippen MR) is 112 cm³/mol. The van der Waals surface area contributed by atoms with E-state index < -0.39 is 10.0 Å². The van der Waals surface area contributed by atoms with Crippen LogP contribution in [-0.2, 0) is 21.2 Å². The number of hydrogen-bond donors (Lipinski definition) is 1. The number of carbonyl (C=O) groups is 1. The first kappa shape index (κ1) is 21.0. The molecule has 0 fully saturated rings. The monoisotopic (exact) mass is 418 g/mol. The Kier molecular flexibility index (Phi) is 6.64. The standard InChI is InChI=1S/C21H26N2O5S/c1-3-29(25,26)23(18-11-12-19-20(13-18)28-15-27-19)14-21(24)22-16(2)9-10-17-7-5-4-6-8-17/h4-8,11-13,16H,3,9-10,14-15H2,1-2H3,(H,22,24)/t16-/m1/s1. The van der Waals surface area contributed by atoms with Crippen molar-refractivity contribution in [2.75, 3.05) is 23.4 Å². The number of benzene rings is 2. The highest BCUT2D eigenvalue weighted by Gasteiger charge is 2.26. The summed E-state index contributed by atoms with van der Waals surface area (Å²) < 4.78 is 36.9. The van der Waals surface area contributed by atoms with Gasteiger partial charge in [-0.25, -0.2) is 8.42 Å². The second-order valence-electron chi connectivity index (χ2n) is 6.94. The maximum Gasteiger partial charge on any atom is 0.240 e. The van der Waals surface area contributed by atoms with E-state index in [0.717, 1.165) is 17.1 Å². The van der Waals surface area contributed by atoms with E-state index in [9.17, 15) is 13.2 Å². The lowest BCUT2D eigenvalue weighted by atomic mass is 10.1. The second-order valence-corrected chi connectivity index (χ2v) is 9.12. The zero-order valence-corrected chi connectivity index (χ0v) is 17.4. The van der Waals surface area contributed by atoms with Gasteiger partial charge in [-0.05, 0) is 44.4 Å². The van der Waals surface area contributed by atoms with E-state index >= 15 is 0 Å². The van der Waals surface area contributed by atoms with E-state index in [1.807, 2.05) is 37.3 Å². The molecule has 0 spiro atoms. The van der Waals surface area contributed by atoms with Crippen LogP contribution in [0.2, 0.25) is 0 Å². The third-order valence-electron chi connectivity index (χ3n) is 4.75. The topological polar surface area (TPSA) is 84.9 Å². The molecule has 0 radical (unpaired) electrons. The Balaban J connectivity index is 1.65. The molecule has 0 aliphatic carbocycles. The summed E-state index contributed by atoms with van der Waals surface area (Å²) in [6.07, 6.45) is 1.60. The van der Waals surface area contributed by atoms with Gasteiger partial charge in [-0.3, -0.25) is 9.10 Å². The smallest absolute Gasteiger partial charge is 0.240 e. The molecule has 1 atom stereocenters. The first-order valence-electron chi connectivity index (χ1n) is 9.62. The maximum atomic E-state index is 12.6. The van der Waals surface area contributed by atoms with Crippen molar-refractivity contribution in [2.24, 2.45) is 0 Å². The molecule has 8 heteroatoms. The van der Waals surface area contributed by atoms with Gasteiger partial charge in [-0.1, -0.05) is 30.3 Å². The van der Waals surface area contributed by atoms with Crippen molar-refractivity contribution in [1.82, 2.24) is 5.32 Å². The van der Waals surface area contributed by atoms with Crippen molar-refractivity contribution < 1.29 is 22.7 Å². The lowest BCUT2D eigenvalue weighted by Gasteiger charge is -2.24. The zero-order chi connectivity index (χ0) is 20.9. The number of carbonyl (C=O) groups excluding carboxylic acids is 1. The van der Waals surface area contributed by atoms with Crippen molar-refractivity contribution in [1.29, 1.82) is 0 Å². The summed E-state index contributed by atoms with van der Waals surface area (Å²) in [7, 11) is -3.64. The third-order valence-corrected chi connectivity index (χ3v) is 6.49. The first-order valence-corrected chi connectivity index (χ1v) is 11.2. The predicted octanol–water partition coefficient (Wildman–Crippen LogP) is 2.71. The van der Waals surface area contributed by atoms with E-state index in [4.69, 9.17) is 9.47 Å². The fourth-order valence-electron chi connectivity index (χ4n) is 3.10. The average molecular weight is 419 g/mol. The van der Waals surface area contributed by atoms with Gasteiger partial charge in [0.15, 0.2) is 11.5 Å². The highest BCUT2D eigenvalue weighted by Crippen LogP contribution is 2.36. The van der Waals surface area contributed by atoms with Crippen LogP contribution in [0.4, 0.5) is 5.69 Å². The van der Waals surface area contributed by atoms with Crippen LogP contribution in [0.3, 0.4) is 0 Å². The molecule has 1 aliphatic heterocycles. The molecule has 0 unspecified atom stereocenters. The maximum absolute atomic E-state index is 12.6.